The molecule has 0 atom stereocenters. The van der Waals surface area contributed by atoms with E-state index in [-0.39, 0.29) is 16.7 Å². The summed E-state index contributed by atoms with van der Waals surface area (Å²) in [4.78, 5) is 16.2. The van der Waals surface area contributed by atoms with Gasteiger partial charge in [-0.05, 0) is 13.1 Å². The first-order valence-electron chi connectivity index (χ1n) is 5.74. The number of ether oxygens (including phenoxy) is 1. The van der Waals surface area contributed by atoms with E-state index in [0.717, 1.165) is 19.6 Å². The van der Waals surface area contributed by atoms with Crippen molar-refractivity contribution in [1.29, 1.82) is 0 Å². The molecule has 1 aromatic heterocycles. The van der Waals surface area contributed by atoms with Crippen LogP contribution in [0.1, 0.15) is 13.8 Å². The Morgan fingerprint density at radius 2 is 2.11 bits per heavy atom. The molecule has 7 heteroatoms. The first-order valence-corrected chi connectivity index (χ1v) is 6.11. The van der Waals surface area contributed by atoms with Crippen molar-refractivity contribution in [3.63, 3.8) is 0 Å². The Morgan fingerprint density at radius 1 is 1.44 bits per heavy atom. The highest BCUT2D eigenvalue weighted by Gasteiger charge is 2.11. The van der Waals surface area contributed by atoms with E-state index in [9.17, 15) is 10.1 Å². The Balaban J connectivity index is 2.59. The Hall–Kier alpha value is -1.40. The molecule has 0 radical (unpaired) electrons. The van der Waals surface area contributed by atoms with E-state index < -0.39 is 4.92 Å². The number of halogens is 1. The maximum atomic E-state index is 10.6. The van der Waals surface area contributed by atoms with Gasteiger partial charge in [0.15, 0.2) is 0 Å². The van der Waals surface area contributed by atoms with Crippen molar-refractivity contribution >= 4 is 17.3 Å². The van der Waals surface area contributed by atoms with Gasteiger partial charge in [0, 0.05) is 6.54 Å². The second-order valence-corrected chi connectivity index (χ2v) is 4.01. The monoisotopic (exact) mass is 273 g/mol. The minimum absolute atomic E-state index is 0.0574. The molecule has 6 nitrogen and oxygen atoms in total. The molecule has 0 amide bonds. The van der Waals surface area contributed by atoms with E-state index >= 15 is 0 Å². The average Bonchev–Trinajstić information content (AvgIpc) is 2.34. The largest absolute Gasteiger partial charge is 0.476 e. The Morgan fingerprint density at radius 3 is 2.67 bits per heavy atom. The van der Waals surface area contributed by atoms with E-state index in [1.165, 1.54) is 12.1 Å². The fraction of sp³-hybridized carbons (Fsp3) is 0.545. The zero-order valence-electron chi connectivity index (χ0n) is 10.4. The molecule has 0 aromatic carbocycles. The van der Waals surface area contributed by atoms with Crippen LogP contribution in [-0.2, 0) is 0 Å². The lowest BCUT2D eigenvalue weighted by Crippen LogP contribution is -2.28. The predicted octanol–water partition coefficient (Wildman–Crippen LogP) is 2.36. The number of likely N-dealkylation sites (N-methyl/N-ethyl adjacent to an activating group) is 1. The normalized spacial score (nSPS) is 10.7. The fourth-order valence-electron chi connectivity index (χ4n) is 1.46. The third kappa shape index (κ3) is 4.46. The molecule has 0 spiro atoms. The molecular weight excluding hydrogens is 258 g/mol. The Bertz CT molecular complexity index is 411. The third-order valence-corrected chi connectivity index (χ3v) is 2.71. The molecule has 0 N–H and O–H groups in total. The standard InChI is InChI=1S/C11H16ClN3O3/c1-3-14(4-2)5-6-18-11-8-9(15(16)17)7-10(12)13-11/h7-8H,3-6H2,1-2H3. The second-order valence-electron chi connectivity index (χ2n) is 3.62. The molecule has 0 saturated heterocycles. The highest BCUT2D eigenvalue weighted by Crippen LogP contribution is 2.21. The van der Waals surface area contributed by atoms with Gasteiger partial charge in [-0.2, -0.15) is 0 Å². The van der Waals surface area contributed by atoms with Crippen LogP contribution in [0, 0.1) is 10.1 Å². The van der Waals surface area contributed by atoms with Gasteiger partial charge < -0.3 is 9.64 Å². The number of hydrogen-bond acceptors (Lipinski definition) is 5. The quantitative estimate of drug-likeness (QED) is 0.433. The first-order chi connectivity index (χ1) is 8.56. The number of pyridine rings is 1. The maximum Gasteiger partial charge on any atom is 0.277 e. The van der Waals surface area contributed by atoms with E-state index in [4.69, 9.17) is 16.3 Å². The molecule has 0 aliphatic carbocycles. The average molecular weight is 274 g/mol. The molecular formula is C11H16ClN3O3. The van der Waals surface area contributed by atoms with Crippen molar-refractivity contribution in [1.82, 2.24) is 9.88 Å². The Kier molecular flexibility index (Phi) is 5.80. The lowest BCUT2D eigenvalue weighted by Gasteiger charge is -2.17. The summed E-state index contributed by atoms with van der Waals surface area (Å²) in [6.07, 6.45) is 0. The number of hydrogen-bond donors (Lipinski definition) is 0. The van der Waals surface area contributed by atoms with E-state index in [2.05, 4.69) is 23.7 Å². The van der Waals surface area contributed by atoms with Crippen LogP contribution in [0.25, 0.3) is 0 Å². The second kappa shape index (κ2) is 7.13. The minimum atomic E-state index is -0.523. The molecule has 0 aliphatic rings. The van der Waals surface area contributed by atoms with Gasteiger partial charge in [0.25, 0.3) is 5.69 Å². The smallest absolute Gasteiger partial charge is 0.277 e. The van der Waals surface area contributed by atoms with Crippen molar-refractivity contribution in [3.8, 4) is 5.88 Å². The van der Waals surface area contributed by atoms with Crippen LogP contribution in [0.15, 0.2) is 12.1 Å². The summed E-state index contributed by atoms with van der Waals surface area (Å²) in [5.74, 6) is 0.182. The summed E-state index contributed by atoms with van der Waals surface area (Å²) < 4.78 is 5.37. The molecule has 1 aromatic rings. The summed E-state index contributed by atoms with van der Waals surface area (Å²) in [6, 6.07) is 2.47. The van der Waals surface area contributed by atoms with Gasteiger partial charge in [0.2, 0.25) is 5.88 Å². The van der Waals surface area contributed by atoms with Crippen molar-refractivity contribution in [2.45, 2.75) is 13.8 Å². The fourth-order valence-corrected chi connectivity index (χ4v) is 1.65. The van der Waals surface area contributed by atoms with Gasteiger partial charge in [-0.15, -0.1) is 0 Å². The van der Waals surface area contributed by atoms with Crippen LogP contribution >= 0.6 is 11.6 Å². The van der Waals surface area contributed by atoms with Gasteiger partial charge in [-0.25, -0.2) is 4.98 Å². The first kappa shape index (κ1) is 14.7. The van der Waals surface area contributed by atoms with Crippen LogP contribution in [-0.4, -0.2) is 41.0 Å². The number of nitrogens with zero attached hydrogens (tertiary/aromatic N) is 3. The summed E-state index contributed by atoms with van der Waals surface area (Å²) in [5, 5.41) is 10.7. The molecule has 0 saturated carbocycles. The molecule has 0 bridgehead atoms. The van der Waals surface area contributed by atoms with Crippen LogP contribution in [0.2, 0.25) is 5.15 Å². The third-order valence-electron chi connectivity index (χ3n) is 2.52. The Labute approximate surface area is 111 Å². The van der Waals surface area contributed by atoms with Gasteiger partial charge in [0.1, 0.15) is 11.8 Å². The minimum Gasteiger partial charge on any atom is -0.476 e. The van der Waals surface area contributed by atoms with Crippen molar-refractivity contribution in [2.24, 2.45) is 0 Å². The molecule has 0 fully saturated rings. The number of aromatic nitrogens is 1. The van der Waals surface area contributed by atoms with Crippen molar-refractivity contribution in [3.05, 3.63) is 27.4 Å². The van der Waals surface area contributed by atoms with Crippen molar-refractivity contribution < 1.29 is 9.66 Å². The van der Waals surface area contributed by atoms with E-state index in [1.807, 2.05) is 0 Å². The number of rotatable bonds is 7. The molecule has 1 heterocycles. The molecule has 1 rings (SSSR count). The van der Waals surface area contributed by atoms with Crippen LogP contribution in [0.3, 0.4) is 0 Å². The van der Waals surface area contributed by atoms with Crippen molar-refractivity contribution in [2.75, 3.05) is 26.2 Å². The molecule has 0 aliphatic heterocycles. The number of nitro groups is 1. The zero-order chi connectivity index (χ0) is 13.5. The molecule has 100 valence electrons. The van der Waals surface area contributed by atoms with Crippen LogP contribution in [0.5, 0.6) is 5.88 Å². The van der Waals surface area contributed by atoms with Gasteiger partial charge in [0.05, 0.1) is 17.1 Å². The van der Waals surface area contributed by atoms with Crippen LogP contribution in [0.4, 0.5) is 5.69 Å². The summed E-state index contributed by atoms with van der Waals surface area (Å²) >= 11 is 5.68. The summed E-state index contributed by atoms with van der Waals surface area (Å²) in [5.41, 5.74) is -0.118. The van der Waals surface area contributed by atoms with Gasteiger partial charge in [-0.1, -0.05) is 25.4 Å². The maximum absolute atomic E-state index is 10.6. The van der Waals surface area contributed by atoms with Gasteiger partial charge >= 0.3 is 0 Å². The summed E-state index contributed by atoms with van der Waals surface area (Å²) in [7, 11) is 0. The zero-order valence-corrected chi connectivity index (χ0v) is 11.2. The lowest BCUT2D eigenvalue weighted by molar-refractivity contribution is -0.385. The predicted molar refractivity (Wildman–Crippen MR) is 69.2 cm³/mol. The van der Waals surface area contributed by atoms with E-state index in [1.54, 1.807) is 0 Å². The summed E-state index contributed by atoms with van der Waals surface area (Å²) in [6.45, 7) is 7.16. The molecule has 18 heavy (non-hydrogen) atoms. The van der Waals surface area contributed by atoms with Gasteiger partial charge in [-0.3, -0.25) is 10.1 Å². The lowest BCUT2D eigenvalue weighted by atomic mass is 10.4. The highest BCUT2D eigenvalue weighted by molar-refractivity contribution is 6.29. The molecule has 0 unspecified atom stereocenters. The topological polar surface area (TPSA) is 68.5 Å². The van der Waals surface area contributed by atoms with E-state index in [0.29, 0.717) is 6.61 Å². The van der Waals surface area contributed by atoms with Crippen LogP contribution < -0.4 is 4.74 Å². The highest BCUT2D eigenvalue weighted by atomic mass is 35.5. The SMILES string of the molecule is CCN(CC)CCOc1cc([N+](=O)[O-])cc(Cl)n1.